The molecule has 25 heavy (non-hydrogen) atoms. The van der Waals surface area contributed by atoms with Gasteiger partial charge in [-0.1, -0.05) is 46.4 Å². The van der Waals surface area contributed by atoms with Gasteiger partial charge in [-0.15, -0.1) is 0 Å². The van der Waals surface area contributed by atoms with Crippen molar-refractivity contribution in [2.75, 3.05) is 0 Å². The maximum atomic E-state index is 10.7. The summed E-state index contributed by atoms with van der Waals surface area (Å²) in [7, 11) is 0. The minimum Gasteiger partial charge on any atom is -0.503 e. The van der Waals surface area contributed by atoms with Crippen molar-refractivity contribution in [1.82, 2.24) is 0 Å². The van der Waals surface area contributed by atoms with E-state index in [4.69, 9.17) is 66.8 Å². The van der Waals surface area contributed by atoms with Gasteiger partial charge in [0.15, 0.2) is 23.0 Å². The minimum atomic E-state index is -1.26. The molecule has 0 heterocycles. The second-order valence-corrected chi connectivity index (χ2v) is 5.48. The Morgan fingerprint density at radius 1 is 0.440 bits per heavy atom. The molecule has 8 nitrogen and oxygen atoms in total. The summed E-state index contributed by atoms with van der Waals surface area (Å²) in [6.45, 7) is 0. The summed E-state index contributed by atoms with van der Waals surface area (Å²) >= 11 is 21.1. The third kappa shape index (κ3) is 4.74. The molecule has 0 spiro atoms. The molecule has 0 aromatic rings. The Balaban J connectivity index is 0.000000443. The first-order valence-corrected chi connectivity index (χ1v) is 6.98. The predicted molar refractivity (Wildman–Crippen MR) is 82.1 cm³/mol. The topological polar surface area (TPSA) is 149 Å². The molecule has 2 rings (SSSR count). The molecule has 0 atom stereocenters. The number of carbonyl (C=O) groups is 4. The second-order valence-electron chi connectivity index (χ2n) is 3.97. The quantitative estimate of drug-likeness (QED) is 0.231. The number of aliphatic hydroxyl groups excluding tert-OH is 4. The maximum absolute atomic E-state index is 10.7. The van der Waals surface area contributed by atoms with Gasteiger partial charge in [-0.3, -0.25) is 19.2 Å². The van der Waals surface area contributed by atoms with Crippen LogP contribution in [0.1, 0.15) is 0 Å². The molecular weight excluding hydrogens is 646 g/mol. The van der Waals surface area contributed by atoms with Crippen molar-refractivity contribution in [3.05, 3.63) is 43.2 Å². The normalized spacial score (nSPS) is 18.4. The van der Waals surface area contributed by atoms with Crippen LogP contribution in [0.25, 0.3) is 0 Å². The van der Waals surface area contributed by atoms with Gasteiger partial charge in [0.2, 0.25) is 0 Å². The number of rotatable bonds is 0. The van der Waals surface area contributed by atoms with Gasteiger partial charge < -0.3 is 20.4 Å². The van der Waals surface area contributed by atoms with E-state index in [2.05, 4.69) is 0 Å². The maximum Gasteiger partial charge on any atom is 0.272 e. The smallest absolute Gasteiger partial charge is 0.272 e. The van der Waals surface area contributed by atoms with E-state index in [0.717, 1.165) is 0 Å². The number of ketones is 4. The van der Waals surface area contributed by atoms with Crippen molar-refractivity contribution >= 4 is 69.5 Å². The van der Waals surface area contributed by atoms with Gasteiger partial charge in [-0.2, -0.15) is 0 Å². The third-order valence-electron chi connectivity index (χ3n) is 2.49. The number of hydrogen-bond donors (Lipinski definition) is 4. The van der Waals surface area contributed by atoms with Crippen LogP contribution in [-0.2, 0) is 19.2 Å². The second kappa shape index (κ2) is 9.32. The molecule has 0 aromatic heterocycles. The van der Waals surface area contributed by atoms with Crippen LogP contribution in [0, 0.1) is 39.9 Å². The number of carbonyl (C=O) groups excluding carboxylic acids is 4. The summed E-state index contributed by atoms with van der Waals surface area (Å²) in [5, 5.41) is 33.3. The number of Topliss-reactive ketones (excluding diaryl/α,β-unsaturated/α-hetero) is 4. The number of hydrogen-bond acceptors (Lipinski definition) is 8. The average Bonchev–Trinajstić information content (AvgIpc) is 2.58. The molecule has 0 fully saturated rings. The SMILES string of the molecule is O=C1C(=O)C(O)=C(Cl)C(Cl)=C1O.O=C1C(=O)C(O)=C(Cl)C(Cl)=C1O.[Th]. The van der Waals surface area contributed by atoms with Crippen LogP contribution in [0.2, 0.25) is 0 Å². The van der Waals surface area contributed by atoms with Crippen molar-refractivity contribution in [3.8, 4) is 0 Å². The van der Waals surface area contributed by atoms with Gasteiger partial charge in [0.1, 0.15) is 20.1 Å². The zero-order valence-corrected chi connectivity index (χ0v) is 18.6. The standard InChI is InChI=1S/2C6H2Cl2O4.Th/c2*7-1-2(8)4(10)6(12)5(11)3(1)9;/h2*9-10H;. The summed E-state index contributed by atoms with van der Waals surface area (Å²) in [6.07, 6.45) is 0. The van der Waals surface area contributed by atoms with Crippen molar-refractivity contribution in [3.63, 3.8) is 0 Å². The van der Waals surface area contributed by atoms with Crippen LogP contribution in [0.15, 0.2) is 43.2 Å². The molecule has 0 aromatic carbocycles. The van der Waals surface area contributed by atoms with E-state index in [-0.39, 0.29) is 39.9 Å². The van der Waals surface area contributed by atoms with Gasteiger partial charge in [0, 0.05) is 39.9 Å². The van der Waals surface area contributed by atoms with E-state index in [9.17, 15) is 19.2 Å². The Kier molecular flexibility index (Phi) is 9.06. The molecule has 2 aliphatic rings. The van der Waals surface area contributed by atoms with E-state index < -0.39 is 66.3 Å². The zero-order valence-electron chi connectivity index (χ0n) is 11.4. The number of allylic oxidation sites excluding steroid dienone is 8. The third-order valence-corrected chi connectivity index (χ3v) is 4.16. The zero-order chi connectivity index (χ0) is 18.9. The first-order valence-electron chi connectivity index (χ1n) is 5.47. The Labute approximate surface area is 190 Å². The fraction of sp³-hybridized carbons (Fsp3) is 0. The molecule has 0 bridgehead atoms. The first-order chi connectivity index (χ1) is 10.9. The monoisotopic (exact) mass is 648 g/mol. The fourth-order valence-electron chi connectivity index (χ4n) is 1.24. The Morgan fingerprint density at radius 3 is 0.680 bits per heavy atom. The van der Waals surface area contributed by atoms with Crippen LogP contribution in [0.3, 0.4) is 0 Å². The van der Waals surface area contributed by atoms with Crippen molar-refractivity contribution < 1.29 is 79.5 Å². The van der Waals surface area contributed by atoms with E-state index in [0.29, 0.717) is 0 Å². The average molecular weight is 650 g/mol. The van der Waals surface area contributed by atoms with Gasteiger partial charge in [-0.05, 0) is 0 Å². The Morgan fingerprint density at radius 2 is 0.560 bits per heavy atom. The molecule has 0 saturated heterocycles. The summed E-state index contributed by atoms with van der Waals surface area (Å²) in [4.78, 5) is 42.8. The summed E-state index contributed by atoms with van der Waals surface area (Å²) in [6, 6.07) is 0. The van der Waals surface area contributed by atoms with Crippen LogP contribution in [0.5, 0.6) is 0 Å². The van der Waals surface area contributed by atoms with E-state index in [1.165, 1.54) is 0 Å². The van der Waals surface area contributed by atoms with Crippen LogP contribution >= 0.6 is 46.4 Å². The van der Waals surface area contributed by atoms with Gasteiger partial charge in [0.25, 0.3) is 23.1 Å². The van der Waals surface area contributed by atoms with Crippen molar-refractivity contribution in [2.45, 2.75) is 0 Å². The predicted octanol–water partition coefficient (Wildman–Crippen LogP) is 2.31. The van der Waals surface area contributed by atoms with Crippen LogP contribution < -0.4 is 0 Å². The molecule has 4 N–H and O–H groups in total. The molecule has 2 aliphatic carbocycles. The number of aliphatic hydroxyl groups is 4. The molecule has 0 amide bonds. The largest absolute Gasteiger partial charge is 0.503 e. The molecule has 132 valence electrons. The minimum absolute atomic E-state index is 0. The molecule has 13 heteroatoms. The molecule has 0 saturated carbocycles. The summed E-state index contributed by atoms with van der Waals surface area (Å²) in [5.41, 5.74) is 0. The van der Waals surface area contributed by atoms with Crippen LogP contribution in [0.4, 0.5) is 0 Å². The van der Waals surface area contributed by atoms with E-state index >= 15 is 0 Å². The summed E-state index contributed by atoms with van der Waals surface area (Å²) in [5.74, 6) is -8.81. The summed E-state index contributed by atoms with van der Waals surface area (Å²) < 4.78 is 0. The van der Waals surface area contributed by atoms with Gasteiger partial charge in [-0.25, -0.2) is 0 Å². The molecular formula is C12H4Cl4O8Th. The number of halogens is 4. The van der Waals surface area contributed by atoms with Gasteiger partial charge >= 0.3 is 0 Å². The molecule has 0 aliphatic heterocycles. The van der Waals surface area contributed by atoms with Crippen LogP contribution in [-0.4, -0.2) is 43.6 Å². The Bertz CT molecular complexity index is 655. The van der Waals surface area contributed by atoms with E-state index in [1.807, 2.05) is 0 Å². The Hall–Kier alpha value is -0.675. The van der Waals surface area contributed by atoms with Gasteiger partial charge in [0.05, 0.1) is 0 Å². The van der Waals surface area contributed by atoms with Crippen molar-refractivity contribution in [1.29, 1.82) is 0 Å². The van der Waals surface area contributed by atoms with Crippen molar-refractivity contribution in [2.24, 2.45) is 0 Å². The molecule has 0 radical (unpaired) electrons. The fourth-order valence-corrected chi connectivity index (χ4v) is 1.95. The molecule has 0 unspecified atom stereocenters. The first kappa shape index (κ1) is 24.3. The van der Waals surface area contributed by atoms with E-state index in [1.54, 1.807) is 0 Å².